The molecule has 0 bridgehead atoms. The molecule has 3 atom stereocenters. The molecule has 0 aromatic heterocycles. The number of carbonyl (C=O) groups is 3. The molecule has 1 fully saturated rings. The van der Waals surface area contributed by atoms with Crippen molar-refractivity contribution in [2.75, 3.05) is 26.7 Å². The largest absolute Gasteiger partial charge is 0.480 e. The van der Waals surface area contributed by atoms with E-state index >= 15 is 0 Å². The van der Waals surface area contributed by atoms with Gasteiger partial charge in [-0.05, 0) is 53.6 Å². The van der Waals surface area contributed by atoms with Crippen LogP contribution in [0, 0.1) is 11.8 Å². The zero-order chi connectivity index (χ0) is 28.8. The Morgan fingerprint density at radius 3 is 2.22 bits per heavy atom. The minimum atomic E-state index is -1.07. The summed E-state index contributed by atoms with van der Waals surface area (Å²) in [6.45, 7) is 1.30. The maximum Gasteiger partial charge on any atom is 0.407 e. The number of rotatable bonds is 11. The van der Waals surface area contributed by atoms with E-state index in [1.807, 2.05) is 66.5 Å². The summed E-state index contributed by atoms with van der Waals surface area (Å²) in [4.78, 5) is 39.7. The van der Waals surface area contributed by atoms with Crippen molar-refractivity contribution in [1.29, 1.82) is 0 Å². The first kappa shape index (κ1) is 28.4. The number of hydrogen-bond donors (Lipinski definition) is 3. The molecule has 1 saturated carbocycles. The summed E-state index contributed by atoms with van der Waals surface area (Å²) in [5.74, 6) is -1.80. The molecule has 2 aliphatic rings. The van der Waals surface area contributed by atoms with E-state index in [0.29, 0.717) is 19.5 Å². The number of carbonyl (C=O) groups excluding carboxylic acids is 2. The average molecular weight is 556 g/mol. The van der Waals surface area contributed by atoms with Crippen LogP contribution in [0.5, 0.6) is 0 Å². The van der Waals surface area contributed by atoms with Crippen molar-refractivity contribution in [2.45, 2.75) is 37.8 Å². The van der Waals surface area contributed by atoms with Gasteiger partial charge >= 0.3 is 12.1 Å². The van der Waals surface area contributed by atoms with Crippen LogP contribution in [0.1, 0.15) is 41.9 Å². The first-order chi connectivity index (χ1) is 19.9. The number of fused-ring (bicyclic) bond motifs is 3. The van der Waals surface area contributed by atoms with E-state index in [-0.39, 0.29) is 36.8 Å². The van der Waals surface area contributed by atoms with Crippen molar-refractivity contribution in [3.8, 4) is 11.1 Å². The molecular weight excluding hydrogens is 518 g/mol. The molecule has 0 spiro atoms. The standard InChI is InChI=1S/C33H37N3O5/c1-36(19-22-10-3-2-4-11-22)20-30(32(38)39)35-31(37)24-17-9-12-23(24)18-34-33(40)41-21-29-27-15-7-5-13-25(27)26-14-6-8-16-28(26)29/h2-8,10-11,13-16,23-24,29-30H,9,12,17-21H2,1H3,(H,34,40)(H,35,37)(H,38,39)/t23-,24-,30?/m1/s1. The van der Waals surface area contributed by atoms with Crippen LogP contribution < -0.4 is 10.6 Å². The first-order valence-corrected chi connectivity index (χ1v) is 14.2. The summed E-state index contributed by atoms with van der Waals surface area (Å²) in [5.41, 5.74) is 5.71. The second kappa shape index (κ2) is 13.0. The Labute approximate surface area is 240 Å². The molecule has 5 rings (SSSR count). The van der Waals surface area contributed by atoms with Crippen LogP contribution in [0.2, 0.25) is 0 Å². The predicted octanol–water partition coefficient (Wildman–Crippen LogP) is 4.64. The van der Waals surface area contributed by atoms with Gasteiger partial charge in [0.05, 0.1) is 0 Å². The van der Waals surface area contributed by atoms with Crippen LogP contribution >= 0.6 is 0 Å². The fourth-order valence-electron chi connectivity index (χ4n) is 6.23. The van der Waals surface area contributed by atoms with Gasteiger partial charge in [0.15, 0.2) is 0 Å². The molecule has 41 heavy (non-hydrogen) atoms. The molecular formula is C33H37N3O5. The van der Waals surface area contributed by atoms with E-state index in [1.165, 1.54) is 11.1 Å². The highest BCUT2D eigenvalue weighted by molar-refractivity contribution is 5.85. The van der Waals surface area contributed by atoms with Gasteiger partial charge in [0.1, 0.15) is 12.6 Å². The zero-order valence-corrected chi connectivity index (χ0v) is 23.3. The normalized spacial score (nSPS) is 18.4. The van der Waals surface area contributed by atoms with Crippen molar-refractivity contribution in [3.63, 3.8) is 0 Å². The molecule has 214 valence electrons. The van der Waals surface area contributed by atoms with E-state index in [0.717, 1.165) is 29.5 Å². The first-order valence-electron chi connectivity index (χ1n) is 14.2. The Balaban J connectivity index is 1.11. The Morgan fingerprint density at radius 1 is 0.927 bits per heavy atom. The fraction of sp³-hybridized carbons (Fsp3) is 0.364. The third-order valence-electron chi connectivity index (χ3n) is 8.25. The lowest BCUT2D eigenvalue weighted by Gasteiger charge is -2.25. The monoisotopic (exact) mass is 555 g/mol. The third kappa shape index (κ3) is 6.77. The maximum absolute atomic E-state index is 13.2. The smallest absolute Gasteiger partial charge is 0.407 e. The third-order valence-corrected chi connectivity index (χ3v) is 8.25. The van der Waals surface area contributed by atoms with Crippen LogP contribution in [-0.4, -0.2) is 60.8 Å². The van der Waals surface area contributed by atoms with Crippen molar-refractivity contribution in [3.05, 3.63) is 95.6 Å². The van der Waals surface area contributed by atoms with E-state index in [1.54, 1.807) is 0 Å². The van der Waals surface area contributed by atoms with E-state index in [9.17, 15) is 19.5 Å². The Kier molecular flexibility index (Phi) is 8.99. The molecule has 3 N–H and O–H groups in total. The second-order valence-electron chi connectivity index (χ2n) is 11.1. The molecule has 2 aliphatic carbocycles. The number of carboxylic acids is 1. The summed E-state index contributed by atoms with van der Waals surface area (Å²) in [6.07, 6.45) is 1.78. The van der Waals surface area contributed by atoms with E-state index in [4.69, 9.17) is 4.74 Å². The molecule has 1 unspecified atom stereocenters. The van der Waals surface area contributed by atoms with Gasteiger partial charge in [-0.2, -0.15) is 0 Å². The van der Waals surface area contributed by atoms with Gasteiger partial charge in [-0.15, -0.1) is 0 Å². The number of likely N-dealkylation sites (N-methyl/N-ethyl adjacent to an activating group) is 1. The molecule has 0 aliphatic heterocycles. The van der Waals surface area contributed by atoms with Crippen LogP contribution in [0.3, 0.4) is 0 Å². The number of amides is 2. The minimum Gasteiger partial charge on any atom is -0.480 e. The number of ether oxygens (including phenoxy) is 1. The van der Waals surface area contributed by atoms with Crippen molar-refractivity contribution < 1.29 is 24.2 Å². The summed E-state index contributed by atoms with van der Waals surface area (Å²) in [6, 6.07) is 25.1. The van der Waals surface area contributed by atoms with Crippen LogP contribution in [0.4, 0.5) is 4.79 Å². The summed E-state index contributed by atoms with van der Waals surface area (Å²) in [7, 11) is 1.84. The quantitative estimate of drug-likeness (QED) is 0.318. The highest BCUT2D eigenvalue weighted by Gasteiger charge is 2.35. The number of alkyl carbamates (subject to hydrolysis) is 1. The van der Waals surface area contributed by atoms with E-state index in [2.05, 4.69) is 34.9 Å². The predicted molar refractivity (Wildman–Crippen MR) is 156 cm³/mol. The average Bonchev–Trinajstić information content (AvgIpc) is 3.58. The minimum absolute atomic E-state index is 0.0221. The number of nitrogens with zero attached hydrogens (tertiary/aromatic N) is 1. The molecule has 0 radical (unpaired) electrons. The highest BCUT2D eigenvalue weighted by atomic mass is 16.5. The molecule has 3 aromatic rings. The molecule has 0 heterocycles. The van der Waals surface area contributed by atoms with Gasteiger partial charge in [-0.1, -0.05) is 85.3 Å². The number of aliphatic carboxylic acids is 1. The highest BCUT2D eigenvalue weighted by Crippen LogP contribution is 2.44. The van der Waals surface area contributed by atoms with Gasteiger partial charge in [0.2, 0.25) is 5.91 Å². The number of carboxylic acid groups (broad SMARTS) is 1. The summed E-state index contributed by atoms with van der Waals surface area (Å²) < 4.78 is 5.65. The van der Waals surface area contributed by atoms with Gasteiger partial charge in [-0.3, -0.25) is 9.69 Å². The van der Waals surface area contributed by atoms with E-state index < -0.39 is 18.1 Å². The fourth-order valence-corrected chi connectivity index (χ4v) is 6.23. The second-order valence-corrected chi connectivity index (χ2v) is 11.1. The Bertz CT molecular complexity index is 1330. The van der Waals surface area contributed by atoms with Gasteiger partial charge in [0.25, 0.3) is 0 Å². The Hall–Kier alpha value is -4.17. The summed E-state index contributed by atoms with van der Waals surface area (Å²) in [5, 5.41) is 15.4. The van der Waals surface area contributed by atoms with Crippen molar-refractivity contribution >= 4 is 18.0 Å². The molecule has 8 nitrogen and oxygen atoms in total. The van der Waals surface area contributed by atoms with Crippen LogP contribution in [0.15, 0.2) is 78.9 Å². The van der Waals surface area contributed by atoms with Crippen LogP contribution in [-0.2, 0) is 20.9 Å². The van der Waals surface area contributed by atoms with Gasteiger partial charge in [0, 0.05) is 31.5 Å². The molecule has 0 saturated heterocycles. The number of hydrogen-bond acceptors (Lipinski definition) is 5. The van der Waals surface area contributed by atoms with Gasteiger partial charge < -0.3 is 20.5 Å². The van der Waals surface area contributed by atoms with Crippen molar-refractivity contribution in [2.24, 2.45) is 11.8 Å². The zero-order valence-electron chi connectivity index (χ0n) is 23.3. The molecule has 2 amide bonds. The lowest BCUT2D eigenvalue weighted by Crippen LogP contribution is -2.50. The van der Waals surface area contributed by atoms with Crippen LogP contribution in [0.25, 0.3) is 11.1 Å². The topological polar surface area (TPSA) is 108 Å². The van der Waals surface area contributed by atoms with Gasteiger partial charge in [-0.25, -0.2) is 9.59 Å². The van der Waals surface area contributed by atoms with Crippen molar-refractivity contribution in [1.82, 2.24) is 15.5 Å². The SMILES string of the molecule is CN(Cc1ccccc1)CC(NC(=O)[C@@H]1CCC[C@@H]1CNC(=O)OCC1c2ccccc2-c2ccccc21)C(=O)O. The number of benzene rings is 3. The Morgan fingerprint density at radius 2 is 1.56 bits per heavy atom. The molecule has 8 heteroatoms. The summed E-state index contributed by atoms with van der Waals surface area (Å²) >= 11 is 0. The molecule has 3 aromatic carbocycles. The maximum atomic E-state index is 13.2. The lowest BCUT2D eigenvalue weighted by molar-refractivity contribution is -0.143. The lowest BCUT2D eigenvalue weighted by atomic mass is 9.94. The number of nitrogens with one attached hydrogen (secondary N) is 2.